The first-order valence-corrected chi connectivity index (χ1v) is 8.68. The maximum absolute atomic E-state index is 5.44. The fourth-order valence-corrected chi connectivity index (χ4v) is 4.42. The Morgan fingerprint density at radius 2 is 2.10 bits per heavy atom. The number of nitrogens with zero attached hydrogens (tertiary/aromatic N) is 4. The second-order valence-electron chi connectivity index (χ2n) is 6.13. The predicted octanol–water partition coefficient (Wildman–Crippen LogP) is 2.14. The van der Waals surface area contributed by atoms with Crippen LogP contribution in [0.5, 0.6) is 0 Å². The lowest BCUT2D eigenvalue weighted by atomic mass is 9.93. The molecular formula is C14H21N5OS. The van der Waals surface area contributed by atoms with Crippen molar-refractivity contribution in [3.8, 4) is 0 Å². The van der Waals surface area contributed by atoms with Crippen LogP contribution in [-0.2, 0) is 4.74 Å². The Hall–Kier alpha value is -1.05. The molecule has 4 rings (SSSR count). The largest absolute Gasteiger partial charge is 0.381 e. The van der Waals surface area contributed by atoms with Crippen molar-refractivity contribution < 1.29 is 4.74 Å². The van der Waals surface area contributed by atoms with Crippen LogP contribution in [-0.4, -0.2) is 39.6 Å². The number of hydrogen-bond donors (Lipinski definition) is 1. The molecular weight excluding hydrogens is 286 g/mol. The van der Waals surface area contributed by atoms with E-state index in [9.17, 15) is 0 Å². The second-order valence-corrected chi connectivity index (χ2v) is 7.12. The van der Waals surface area contributed by atoms with E-state index >= 15 is 0 Å². The summed E-state index contributed by atoms with van der Waals surface area (Å²) in [5.74, 6) is 2.08. The molecule has 2 aliphatic heterocycles. The van der Waals surface area contributed by atoms with Gasteiger partial charge in [-0.15, -0.1) is 10.2 Å². The summed E-state index contributed by atoms with van der Waals surface area (Å²) in [6, 6.07) is 0.369. The quantitative estimate of drug-likeness (QED) is 0.921. The Balaban J connectivity index is 1.65. The number of nitrogens with one attached hydrogen (secondary N) is 1. The third-order valence-corrected chi connectivity index (χ3v) is 5.63. The van der Waals surface area contributed by atoms with E-state index in [1.807, 2.05) is 4.52 Å². The van der Waals surface area contributed by atoms with Gasteiger partial charge in [-0.2, -0.15) is 9.61 Å². The number of fused-ring (bicyclic) bond motifs is 1. The van der Waals surface area contributed by atoms with Gasteiger partial charge >= 0.3 is 0 Å². The molecule has 2 atom stereocenters. The minimum Gasteiger partial charge on any atom is -0.381 e. The molecule has 2 saturated heterocycles. The maximum Gasteiger partial charge on any atom is 0.234 e. The summed E-state index contributed by atoms with van der Waals surface area (Å²) in [6.07, 6.45) is 4.57. The third-order valence-electron chi connectivity index (χ3n) is 4.65. The van der Waals surface area contributed by atoms with Crippen molar-refractivity contribution in [1.82, 2.24) is 25.1 Å². The van der Waals surface area contributed by atoms with E-state index in [-0.39, 0.29) is 0 Å². The zero-order chi connectivity index (χ0) is 14.2. The Labute approximate surface area is 127 Å². The van der Waals surface area contributed by atoms with Crippen molar-refractivity contribution in [2.45, 2.75) is 44.6 Å². The third kappa shape index (κ3) is 2.47. The average molecular weight is 307 g/mol. The number of aromatic nitrogens is 4. The van der Waals surface area contributed by atoms with Gasteiger partial charge in [0.25, 0.3) is 0 Å². The lowest BCUT2D eigenvalue weighted by Gasteiger charge is -2.27. The molecule has 114 valence electrons. The van der Waals surface area contributed by atoms with E-state index in [0.29, 0.717) is 17.9 Å². The van der Waals surface area contributed by atoms with Crippen molar-refractivity contribution in [2.75, 3.05) is 19.8 Å². The molecule has 7 heteroatoms. The minimum atomic E-state index is 0.369. The first kappa shape index (κ1) is 13.6. The van der Waals surface area contributed by atoms with Crippen LogP contribution in [0.2, 0.25) is 0 Å². The standard InChI is InChI=1S/C14H21N5OS/c1-9-3-2-6-15-11(9)13-18-19-12(16-17-14(19)21-13)10-4-7-20-8-5-10/h9-11,15H,2-8H2,1H3. The summed E-state index contributed by atoms with van der Waals surface area (Å²) in [5.41, 5.74) is 0. The van der Waals surface area contributed by atoms with E-state index in [1.54, 1.807) is 11.3 Å². The number of rotatable bonds is 2. The van der Waals surface area contributed by atoms with Crippen LogP contribution in [0.15, 0.2) is 0 Å². The smallest absolute Gasteiger partial charge is 0.234 e. The molecule has 2 unspecified atom stereocenters. The van der Waals surface area contributed by atoms with Gasteiger partial charge in [0.2, 0.25) is 4.96 Å². The SMILES string of the molecule is CC1CCCNC1c1nn2c(C3CCOCC3)nnc2s1. The molecule has 0 spiro atoms. The van der Waals surface area contributed by atoms with Gasteiger partial charge in [0.1, 0.15) is 5.01 Å². The molecule has 0 saturated carbocycles. The van der Waals surface area contributed by atoms with Gasteiger partial charge < -0.3 is 10.1 Å². The molecule has 0 aromatic carbocycles. The van der Waals surface area contributed by atoms with Crippen LogP contribution in [0.1, 0.15) is 55.4 Å². The Bertz CT molecular complexity index is 618. The molecule has 4 heterocycles. The fraction of sp³-hybridized carbons (Fsp3) is 0.786. The molecule has 0 radical (unpaired) electrons. The number of hydrogen-bond acceptors (Lipinski definition) is 6. The van der Waals surface area contributed by atoms with Crippen LogP contribution in [0.4, 0.5) is 0 Å². The molecule has 2 fully saturated rings. The predicted molar refractivity (Wildman–Crippen MR) is 80.6 cm³/mol. The van der Waals surface area contributed by atoms with Crippen LogP contribution in [0.25, 0.3) is 4.96 Å². The topological polar surface area (TPSA) is 64.3 Å². The van der Waals surface area contributed by atoms with Crippen molar-refractivity contribution >= 4 is 16.3 Å². The van der Waals surface area contributed by atoms with E-state index in [4.69, 9.17) is 9.84 Å². The van der Waals surface area contributed by atoms with Crippen LogP contribution in [0, 0.1) is 5.92 Å². The van der Waals surface area contributed by atoms with Gasteiger partial charge in [-0.1, -0.05) is 18.3 Å². The Morgan fingerprint density at radius 3 is 2.90 bits per heavy atom. The highest BCUT2D eigenvalue weighted by Crippen LogP contribution is 2.33. The molecule has 2 aromatic heterocycles. The fourth-order valence-electron chi connectivity index (χ4n) is 3.36. The maximum atomic E-state index is 5.44. The molecule has 1 N–H and O–H groups in total. The van der Waals surface area contributed by atoms with Gasteiger partial charge in [-0.25, -0.2) is 0 Å². The molecule has 0 aliphatic carbocycles. The van der Waals surface area contributed by atoms with Gasteiger partial charge in [-0.3, -0.25) is 0 Å². The van der Waals surface area contributed by atoms with Gasteiger partial charge in [-0.05, 0) is 38.1 Å². The zero-order valence-corrected chi connectivity index (χ0v) is 13.1. The lowest BCUT2D eigenvalue weighted by Crippen LogP contribution is -2.32. The minimum absolute atomic E-state index is 0.369. The highest BCUT2D eigenvalue weighted by molar-refractivity contribution is 7.16. The molecule has 2 aromatic rings. The Morgan fingerprint density at radius 1 is 1.24 bits per heavy atom. The van der Waals surface area contributed by atoms with Crippen molar-refractivity contribution in [3.05, 3.63) is 10.8 Å². The zero-order valence-electron chi connectivity index (χ0n) is 12.3. The molecule has 2 aliphatic rings. The van der Waals surface area contributed by atoms with Crippen LogP contribution < -0.4 is 5.32 Å². The van der Waals surface area contributed by atoms with Crippen molar-refractivity contribution in [2.24, 2.45) is 5.92 Å². The summed E-state index contributed by atoms with van der Waals surface area (Å²) in [5, 5.41) is 18.3. The number of piperidine rings is 1. The highest BCUT2D eigenvalue weighted by Gasteiger charge is 2.28. The first-order valence-electron chi connectivity index (χ1n) is 7.86. The molecule has 0 bridgehead atoms. The van der Waals surface area contributed by atoms with Crippen molar-refractivity contribution in [1.29, 1.82) is 0 Å². The molecule has 0 amide bonds. The van der Waals surface area contributed by atoms with Crippen molar-refractivity contribution in [3.63, 3.8) is 0 Å². The number of ether oxygens (including phenoxy) is 1. The van der Waals surface area contributed by atoms with Crippen LogP contribution in [0.3, 0.4) is 0 Å². The monoisotopic (exact) mass is 307 g/mol. The van der Waals surface area contributed by atoms with E-state index in [0.717, 1.165) is 48.4 Å². The highest BCUT2D eigenvalue weighted by atomic mass is 32.1. The van der Waals surface area contributed by atoms with Gasteiger partial charge in [0.05, 0.1) is 6.04 Å². The summed E-state index contributed by atoms with van der Waals surface area (Å²) < 4.78 is 7.41. The van der Waals surface area contributed by atoms with Crippen LogP contribution >= 0.6 is 11.3 Å². The van der Waals surface area contributed by atoms with E-state index in [1.165, 1.54) is 12.8 Å². The van der Waals surface area contributed by atoms with E-state index < -0.39 is 0 Å². The summed E-state index contributed by atoms with van der Waals surface area (Å²) in [7, 11) is 0. The summed E-state index contributed by atoms with van der Waals surface area (Å²) >= 11 is 1.68. The molecule has 21 heavy (non-hydrogen) atoms. The second kappa shape index (κ2) is 5.62. The summed E-state index contributed by atoms with van der Waals surface area (Å²) in [4.78, 5) is 0.922. The summed E-state index contributed by atoms with van der Waals surface area (Å²) in [6.45, 7) is 5.02. The Kier molecular flexibility index (Phi) is 3.64. The van der Waals surface area contributed by atoms with Gasteiger partial charge in [0, 0.05) is 19.1 Å². The van der Waals surface area contributed by atoms with Gasteiger partial charge in [0.15, 0.2) is 5.82 Å². The lowest BCUT2D eigenvalue weighted by molar-refractivity contribution is 0.0831. The van der Waals surface area contributed by atoms with E-state index in [2.05, 4.69) is 22.4 Å². The normalized spacial score (nSPS) is 28.2. The average Bonchev–Trinajstić information content (AvgIpc) is 3.08. The molecule has 6 nitrogen and oxygen atoms in total. The first-order chi connectivity index (χ1) is 10.3.